The molecule has 1 saturated carbocycles. The van der Waals surface area contributed by atoms with Crippen molar-refractivity contribution in [2.75, 3.05) is 0 Å². The van der Waals surface area contributed by atoms with Crippen LogP contribution in [0, 0.1) is 11.6 Å². The van der Waals surface area contributed by atoms with Gasteiger partial charge in [-0.3, -0.25) is 9.59 Å². The maximum Gasteiger partial charge on any atom is 0.147 e. The van der Waals surface area contributed by atoms with Crippen LogP contribution in [-0.4, -0.2) is 11.6 Å². The lowest BCUT2D eigenvalue weighted by atomic mass is 9.82. The van der Waals surface area contributed by atoms with Crippen LogP contribution >= 0.6 is 0 Å². The van der Waals surface area contributed by atoms with Crippen LogP contribution in [0.2, 0.25) is 0 Å². The van der Waals surface area contributed by atoms with E-state index >= 15 is 0 Å². The molecule has 0 saturated heterocycles. The van der Waals surface area contributed by atoms with E-state index in [1.165, 1.54) is 0 Å². The minimum Gasteiger partial charge on any atom is -0.299 e. The zero-order chi connectivity index (χ0) is 11.7. The van der Waals surface area contributed by atoms with E-state index in [1.807, 2.05) is 0 Å². The molecule has 84 valence electrons. The van der Waals surface area contributed by atoms with Crippen molar-refractivity contribution < 1.29 is 18.4 Å². The number of carbonyl (C=O) groups excluding carboxylic acids is 2. The molecule has 0 spiro atoms. The molecule has 2 nitrogen and oxygen atoms in total. The molecule has 1 aromatic rings. The third-order valence-corrected chi connectivity index (χ3v) is 2.81. The van der Waals surface area contributed by atoms with Crippen molar-refractivity contribution >= 4 is 11.6 Å². The molecule has 1 aromatic carbocycles. The monoisotopic (exact) mass is 224 g/mol. The summed E-state index contributed by atoms with van der Waals surface area (Å²) in [5.41, 5.74) is 0.0671. The summed E-state index contributed by atoms with van der Waals surface area (Å²) in [6.45, 7) is 0. The summed E-state index contributed by atoms with van der Waals surface area (Å²) in [4.78, 5) is 22.6. The Morgan fingerprint density at radius 1 is 1.19 bits per heavy atom. The zero-order valence-corrected chi connectivity index (χ0v) is 8.50. The van der Waals surface area contributed by atoms with Gasteiger partial charge >= 0.3 is 0 Å². The Balaban J connectivity index is 2.33. The van der Waals surface area contributed by atoms with E-state index in [0.29, 0.717) is 0 Å². The van der Waals surface area contributed by atoms with Gasteiger partial charge in [-0.2, -0.15) is 0 Å². The Morgan fingerprint density at radius 3 is 2.62 bits per heavy atom. The van der Waals surface area contributed by atoms with Gasteiger partial charge in [0.05, 0.1) is 6.42 Å². The van der Waals surface area contributed by atoms with E-state index in [4.69, 9.17) is 0 Å². The van der Waals surface area contributed by atoms with E-state index in [-0.39, 0.29) is 36.4 Å². The average molecular weight is 224 g/mol. The first-order chi connectivity index (χ1) is 7.58. The highest BCUT2D eigenvalue weighted by Gasteiger charge is 2.30. The maximum absolute atomic E-state index is 13.4. The number of carbonyl (C=O) groups is 2. The Kier molecular flexibility index (Phi) is 2.81. The van der Waals surface area contributed by atoms with Crippen LogP contribution in [-0.2, 0) is 9.59 Å². The molecule has 1 atom stereocenters. The van der Waals surface area contributed by atoms with Gasteiger partial charge in [0.15, 0.2) is 0 Å². The lowest BCUT2D eigenvalue weighted by molar-refractivity contribution is -0.130. The summed E-state index contributed by atoms with van der Waals surface area (Å²) >= 11 is 0. The Bertz CT molecular complexity index is 454. The molecule has 0 heterocycles. The number of ketones is 2. The molecule has 0 amide bonds. The van der Waals surface area contributed by atoms with Gasteiger partial charge in [0.25, 0.3) is 0 Å². The summed E-state index contributed by atoms with van der Waals surface area (Å²) < 4.78 is 26.4. The minimum atomic E-state index is -0.673. The second-order valence-electron chi connectivity index (χ2n) is 3.94. The summed E-state index contributed by atoms with van der Waals surface area (Å²) in [7, 11) is 0. The molecule has 1 aliphatic rings. The average Bonchev–Trinajstić information content (AvgIpc) is 2.22. The van der Waals surface area contributed by atoms with E-state index in [9.17, 15) is 18.4 Å². The van der Waals surface area contributed by atoms with Gasteiger partial charge < -0.3 is 0 Å². The predicted octanol–water partition coefficient (Wildman–Crippen LogP) is 2.37. The molecule has 0 aromatic heterocycles. The van der Waals surface area contributed by atoms with Crippen molar-refractivity contribution in [3.8, 4) is 0 Å². The molecule has 0 bridgehead atoms. The Morgan fingerprint density at radius 2 is 1.94 bits per heavy atom. The van der Waals surface area contributed by atoms with Crippen LogP contribution in [0.25, 0.3) is 0 Å². The first-order valence-electron chi connectivity index (χ1n) is 5.07. The molecule has 1 unspecified atom stereocenters. The number of hydrogen-bond donors (Lipinski definition) is 0. The van der Waals surface area contributed by atoms with Gasteiger partial charge in [-0.05, 0) is 24.6 Å². The van der Waals surface area contributed by atoms with Crippen LogP contribution in [0.1, 0.15) is 30.7 Å². The van der Waals surface area contributed by atoms with Gasteiger partial charge in [-0.25, -0.2) is 8.78 Å². The van der Waals surface area contributed by atoms with Crippen molar-refractivity contribution in [2.45, 2.75) is 25.2 Å². The maximum atomic E-state index is 13.4. The number of halogens is 2. The highest BCUT2D eigenvalue weighted by atomic mass is 19.1. The molecule has 1 fully saturated rings. The molecule has 0 aliphatic heterocycles. The molecule has 4 heteroatoms. The molecular weight excluding hydrogens is 214 g/mol. The van der Waals surface area contributed by atoms with Gasteiger partial charge in [-0.1, -0.05) is 0 Å². The quantitative estimate of drug-likeness (QED) is 0.686. The fourth-order valence-electron chi connectivity index (χ4n) is 1.98. The van der Waals surface area contributed by atoms with Crippen LogP contribution in [0.15, 0.2) is 18.2 Å². The predicted molar refractivity (Wildman–Crippen MR) is 53.0 cm³/mol. The van der Waals surface area contributed by atoms with E-state index < -0.39 is 17.6 Å². The third-order valence-electron chi connectivity index (χ3n) is 2.81. The SMILES string of the molecule is O=C1CCC(c2cc(F)ccc2F)C(=O)C1. The first-order valence-corrected chi connectivity index (χ1v) is 5.07. The van der Waals surface area contributed by atoms with Gasteiger partial charge in [0.2, 0.25) is 0 Å². The fraction of sp³-hybridized carbons (Fsp3) is 0.333. The third kappa shape index (κ3) is 2.01. The second kappa shape index (κ2) is 4.12. The van der Waals surface area contributed by atoms with Crippen molar-refractivity contribution in [3.05, 3.63) is 35.4 Å². The number of hydrogen-bond acceptors (Lipinski definition) is 2. The molecule has 0 N–H and O–H groups in total. The van der Waals surface area contributed by atoms with Gasteiger partial charge in [-0.15, -0.1) is 0 Å². The van der Waals surface area contributed by atoms with Crippen LogP contribution < -0.4 is 0 Å². The van der Waals surface area contributed by atoms with E-state index in [1.54, 1.807) is 0 Å². The highest BCUT2D eigenvalue weighted by Crippen LogP contribution is 2.30. The molecule has 16 heavy (non-hydrogen) atoms. The standard InChI is InChI=1S/C12H10F2O2/c13-7-1-4-11(14)10(5-7)9-3-2-8(15)6-12(9)16/h1,4-5,9H,2-3,6H2. The van der Waals surface area contributed by atoms with Crippen LogP contribution in [0.3, 0.4) is 0 Å². The Hall–Kier alpha value is -1.58. The molecular formula is C12H10F2O2. The van der Waals surface area contributed by atoms with Gasteiger partial charge in [0.1, 0.15) is 23.2 Å². The number of Topliss-reactive ketones (excluding diaryl/α,β-unsaturated/α-hetero) is 2. The summed E-state index contributed by atoms with van der Waals surface area (Å²) in [5.74, 6) is -2.28. The fourth-order valence-corrected chi connectivity index (χ4v) is 1.98. The number of rotatable bonds is 1. The summed E-state index contributed by atoms with van der Waals surface area (Å²) in [6, 6.07) is 3.05. The summed E-state index contributed by atoms with van der Waals surface area (Å²) in [6.07, 6.45) is 0.366. The van der Waals surface area contributed by atoms with Crippen LogP contribution in [0.5, 0.6) is 0 Å². The smallest absolute Gasteiger partial charge is 0.147 e. The van der Waals surface area contributed by atoms with Gasteiger partial charge in [0, 0.05) is 17.9 Å². The zero-order valence-electron chi connectivity index (χ0n) is 8.50. The van der Waals surface area contributed by atoms with Crippen molar-refractivity contribution in [1.82, 2.24) is 0 Å². The second-order valence-corrected chi connectivity index (χ2v) is 3.94. The Labute approximate surface area is 91.3 Å². The number of benzene rings is 1. The van der Waals surface area contributed by atoms with Crippen molar-refractivity contribution in [3.63, 3.8) is 0 Å². The van der Waals surface area contributed by atoms with Crippen molar-refractivity contribution in [1.29, 1.82) is 0 Å². The van der Waals surface area contributed by atoms with E-state index in [2.05, 4.69) is 0 Å². The van der Waals surface area contributed by atoms with Crippen molar-refractivity contribution in [2.24, 2.45) is 0 Å². The minimum absolute atomic E-state index is 0.0671. The largest absolute Gasteiger partial charge is 0.299 e. The molecule has 0 radical (unpaired) electrons. The summed E-state index contributed by atoms with van der Waals surface area (Å²) in [5, 5.41) is 0. The van der Waals surface area contributed by atoms with Crippen LogP contribution in [0.4, 0.5) is 8.78 Å². The molecule has 1 aliphatic carbocycles. The first kappa shape index (κ1) is 10.9. The molecule has 2 rings (SSSR count). The van der Waals surface area contributed by atoms with E-state index in [0.717, 1.165) is 18.2 Å². The highest BCUT2D eigenvalue weighted by molar-refractivity contribution is 6.04. The topological polar surface area (TPSA) is 34.1 Å². The lowest BCUT2D eigenvalue weighted by Gasteiger charge is -2.20. The normalized spacial score (nSPS) is 21.2. The lowest BCUT2D eigenvalue weighted by Crippen LogP contribution is -2.24.